The van der Waals surface area contributed by atoms with E-state index >= 15 is 0 Å². The molecule has 7 bridgehead atoms. The number of hydrogen-bond acceptors (Lipinski definition) is 4. The van der Waals surface area contributed by atoms with Crippen molar-refractivity contribution in [3.05, 3.63) is 337 Å². The Hall–Kier alpha value is -10.2. The van der Waals surface area contributed by atoms with Crippen LogP contribution in [0.1, 0.15) is 29.5 Å². The van der Waals surface area contributed by atoms with Gasteiger partial charge in [0, 0.05) is 73.7 Å². The van der Waals surface area contributed by atoms with Crippen LogP contribution in [-0.4, -0.2) is 0 Å². The molecule has 378 valence electrons. The summed E-state index contributed by atoms with van der Waals surface area (Å²) >= 11 is 0. The van der Waals surface area contributed by atoms with Crippen LogP contribution in [0.3, 0.4) is 0 Å². The van der Waals surface area contributed by atoms with Crippen molar-refractivity contribution >= 4 is 80.8 Å². The van der Waals surface area contributed by atoms with Crippen LogP contribution in [0.2, 0.25) is 0 Å². The molecule has 2 aliphatic carbocycles. The second kappa shape index (κ2) is 21.8. The molecule has 10 aromatic rings. The van der Waals surface area contributed by atoms with Gasteiger partial charge in [-0.25, -0.2) is 0 Å². The fourth-order valence-electron chi connectivity index (χ4n) is 11.1. The van der Waals surface area contributed by atoms with Gasteiger partial charge in [0.05, 0.1) is 0 Å². The first kappa shape index (κ1) is 48.5. The average Bonchev–Trinajstić information content (AvgIpc) is 3.56. The molecule has 0 N–H and O–H groups in total. The van der Waals surface area contributed by atoms with Gasteiger partial charge >= 0.3 is 0 Å². The van der Waals surface area contributed by atoms with Crippen molar-refractivity contribution in [1.29, 1.82) is 0 Å². The number of fused-ring (bicyclic) bond motifs is 1. The lowest BCUT2D eigenvalue weighted by Gasteiger charge is -2.35. The Morgan fingerprint density at radius 2 is 0.747 bits per heavy atom. The molecule has 7 aliphatic rings. The van der Waals surface area contributed by atoms with E-state index in [1.54, 1.807) is 0 Å². The molecule has 0 saturated heterocycles. The molecule has 0 fully saturated rings. The van der Waals surface area contributed by atoms with Gasteiger partial charge < -0.3 is 19.6 Å². The van der Waals surface area contributed by atoms with Crippen LogP contribution >= 0.6 is 0 Å². The van der Waals surface area contributed by atoms with E-state index in [2.05, 4.69) is 341 Å². The van der Waals surface area contributed by atoms with Crippen molar-refractivity contribution in [1.82, 2.24) is 0 Å². The zero-order valence-electron chi connectivity index (χ0n) is 43.9. The highest BCUT2D eigenvalue weighted by atomic mass is 15.2. The lowest BCUT2D eigenvalue weighted by atomic mass is 9.73. The van der Waals surface area contributed by atoms with Gasteiger partial charge in [0.2, 0.25) is 0 Å². The number of nitrogens with zero attached hydrogens (tertiary/aromatic N) is 4. The first-order valence-corrected chi connectivity index (χ1v) is 27.2. The monoisotopic (exact) mass is 1010 g/mol. The first-order chi connectivity index (χ1) is 39.1. The highest BCUT2D eigenvalue weighted by Gasteiger charge is 2.30. The third-order valence-corrected chi connectivity index (χ3v) is 15.2. The molecule has 1 unspecified atom stereocenters. The molecule has 0 saturated carbocycles. The van der Waals surface area contributed by atoms with Gasteiger partial charge in [0.25, 0.3) is 0 Å². The molecule has 4 heteroatoms. The summed E-state index contributed by atoms with van der Waals surface area (Å²) in [5.41, 5.74) is 20.2. The van der Waals surface area contributed by atoms with E-state index in [0.717, 1.165) is 92.1 Å². The van der Waals surface area contributed by atoms with Crippen molar-refractivity contribution < 1.29 is 0 Å². The summed E-state index contributed by atoms with van der Waals surface area (Å²) in [6.45, 7) is 0. The number of rotatable bonds is 11. The third kappa shape index (κ3) is 10.4. The van der Waals surface area contributed by atoms with Crippen molar-refractivity contribution in [3.63, 3.8) is 0 Å². The Labute approximate surface area is 464 Å². The average molecular weight is 1020 g/mol. The van der Waals surface area contributed by atoms with E-state index < -0.39 is 0 Å². The second-order valence-corrected chi connectivity index (χ2v) is 20.4. The molecular weight excluding hydrogens is 957 g/mol. The Morgan fingerprint density at radius 1 is 0.342 bits per heavy atom. The lowest BCUT2D eigenvalue weighted by molar-refractivity contribution is 0.486. The summed E-state index contributed by atoms with van der Waals surface area (Å²) < 4.78 is 0. The quantitative estimate of drug-likeness (QED) is 0.120. The molecule has 10 aromatic carbocycles. The summed E-state index contributed by atoms with van der Waals surface area (Å²) in [6.07, 6.45) is 24.8. The van der Waals surface area contributed by atoms with Crippen LogP contribution < -0.4 is 19.6 Å². The minimum absolute atomic E-state index is 0.0289. The van der Waals surface area contributed by atoms with Gasteiger partial charge in [-0.1, -0.05) is 188 Å². The fourth-order valence-corrected chi connectivity index (χ4v) is 11.1. The molecule has 1 atom stereocenters. The molecule has 5 heterocycles. The SMILES string of the molecule is C1=CC23C=CC(=CC2)N(c2ccccc2)c2ccc(cc2)N(c2ccc(-c4ccc(N(c5ccc(C=Cc6ccccc6)cc5)c5ccc(N(c6ccccc6)c6ccccc6)cc5)cc4)cc2)c2ccc(cc2)C=CC(=C1)C3. The van der Waals surface area contributed by atoms with E-state index in [0.29, 0.717) is 0 Å². The Morgan fingerprint density at radius 3 is 1.27 bits per heavy atom. The number of para-hydroxylation sites is 3. The zero-order valence-corrected chi connectivity index (χ0v) is 43.9. The maximum absolute atomic E-state index is 2.41. The van der Waals surface area contributed by atoms with Crippen LogP contribution in [0.25, 0.3) is 29.4 Å². The number of hydrogen-bond donors (Lipinski definition) is 0. The normalized spacial score (nSPS) is 15.4. The maximum Gasteiger partial charge on any atom is 0.0463 e. The summed E-state index contributed by atoms with van der Waals surface area (Å²) in [4.78, 5) is 9.37. The van der Waals surface area contributed by atoms with Gasteiger partial charge in [-0.3, -0.25) is 0 Å². The van der Waals surface area contributed by atoms with Crippen molar-refractivity contribution in [2.75, 3.05) is 19.6 Å². The summed E-state index contributed by atoms with van der Waals surface area (Å²) in [6, 6.07) is 95.9. The van der Waals surface area contributed by atoms with Crippen LogP contribution in [0, 0.1) is 5.41 Å². The smallest absolute Gasteiger partial charge is 0.0463 e. The largest absolute Gasteiger partial charge is 0.311 e. The highest BCUT2D eigenvalue weighted by Crippen LogP contribution is 2.45. The minimum atomic E-state index is -0.0289. The zero-order chi connectivity index (χ0) is 52.8. The number of allylic oxidation sites excluding steroid dienone is 8. The molecule has 5 aliphatic heterocycles. The van der Waals surface area contributed by atoms with Gasteiger partial charge in [0.1, 0.15) is 0 Å². The maximum atomic E-state index is 2.41. The van der Waals surface area contributed by atoms with Crippen molar-refractivity contribution in [3.8, 4) is 11.1 Å². The van der Waals surface area contributed by atoms with Gasteiger partial charge in [-0.2, -0.15) is 0 Å². The van der Waals surface area contributed by atoms with Gasteiger partial charge in [0.15, 0.2) is 0 Å². The van der Waals surface area contributed by atoms with E-state index in [4.69, 9.17) is 0 Å². The minimum Gasteiger partial charge on any atom is -0.311 e. The molecular formula is C75H58N4. The summed E-state index contributed by atoms with van der Waals surface area (Å²) in [5, 5.41) is 0. The molecule has 1 spiro atoms. The van der Waals surface area contributed by atoms with Crippen molar-refractivity contribution in [2.24, 2.45) is 5.41 Å². The predicted molar refractivity (Wildman–Crippen MR) is 335 cm³/mol. The molecule has 0 amide bonds. The van der Waals surface area contributed by atoms with Crippen LogP contribution in [-0.2, 0) is 0 Å². The first-order valence-electron chi connectivity index (χ1n) is 27.2. The standard InChI is InChI=1S/C75H58N4/c1-5-14-57(15-6-1)23-24-58-27-35-66(36-28-58)78(72-47-43-70(44-48-72)76(63-17-7-2-8-18-63)64-19-9-3-10-20-64)68-39-31-61(32-40-68)62-33-41-69(42-34-62)79-67-37-29-59(30-38-67)25-26-60-16-13-53-75(56-60)54-51-74(52-55-75)77(65-21-11-4-12-22-65)71-45-49-73(79)50-46-71/h1-54H,55-56H2. The van der Waals surface area contributed by atoms with E-state index in [-0.39, 0.29) is 5.41 Å². The number of benzene rings is 10. The Balaban J connectivity index is 0.824. The van der Waals surface area contributed by atoms with E-state index in [9.17, 15) is 0 Å². The lowest BCUT2D eigenvalue weighted by Crippen LogP contribution is -2.23. The molecule has 0 radical (unpaired) electrons. The Kier molecular flexibility index (Phi) is 13.4. The Bertz CT molecular complexity index is 3840. The highest BCUT2D eigenvalue weighted by molar-refractivity contribution is 5.85. The number of anilines is 11. The van der Waals surface area contributed by atoms with Gasteiger partial charge in [-0.05, 0) is 186 Å². The van der Waals surface area contributed by atoms with Crippen LogP contribution in [0.4, 0.5) is 62.6 Å². The topological polar surface area (TPSA) is 13.0 Å². The van der Waals surface area contributed by atoms with E-state index in [1.807, 2.05) is 6.07 Å². The third-order valence-electron chi connectivity index (χ3n) is 15.2. The van der Waals surface area contributed by atoms with Crippen molar-refractivity contribution in [2.45, 2.75) is 12.8 Å². The van der Waals surface area contributed by atoms with Crippen LogP contribution in [0.15, 0.2) is 321 Å². The molecule has 79 heavy (non-hydrogen) atoms. The summed E-state index contributed by atoms with van der Waals surface area (Å²) in [5.74, 6) is 0. The predicted octanol–water partition coefficient (Wildman–Crippen LogP) is 20.8. The fraction of sp³-hybridized carbons (Fsp3) is 0.0400. The summed E-state index contributed by atoms with van der Waals surface area (Å²) in [7, 11) is 0. The molecule has 17 rings (SSSR count). The van der Waals surface area contributed by atoms with Crippen LogP contribution in [0.5, 0.6) is 0 Å². The molecule has 0 aromatic heterocycles. The van der Waals surface area contributed by atoms with Gasteiger partial charge in [-0.15, -0.1) is 0 Å². The van der Waals surface area contributed by atoms with E-state index in [1.165, 1.54) is 22.4 Å². The second-order valence-electron chi connectivity index (χ2n) is 20.4. The molecule has 4 nitrogen and oxygen atoms in total.